The van der Waals surface area contributed by atoms with E-state index in [1.165, 1.54) is 13.8 Å². The Morgan fingerprint density at radius 1 is 0.456 bits per heavy atom. The third-order valence-electron chi connectivity index (χ3n) is 10.6. The van der Waals surface area contributed by atoms with Crippen molar-refractivity contribution in [2.45, 2.75) is 174 Å². The second-order valence-corrected chi connectivity index (χ2v) is 14.7. The summed E-state index contributed by atoms with van der Waals surface area (Å²) in [7, 11) is 0. The smallest absolute Gasteiger partial charge is 0.217 e. The molecule has 332 valence electrons. The van der Waals surface area contributed by atoms with Crippen LogP contribution in [0, 0.1) is 0 Å². The predicted octanol–water partition coefficient (Wildman–Crippen LogP) is -9.73. The fourth-order valence-electron chi connectivity index (χ4n) is 7.28. The fraction of sp³-hybridized carbons (Fsp3) is 0.969. The van der Waals surface area contributed by atoms with E-state index in [1.54, 1.807) is 0 Å². The van der Waals surface area contributed by atoms with Gasteiger partial charge in [-0.25, -0.2) is 0 Å². The van der Waals surface area contributed by atoms with Crippen LogP contribution in [0.3, 0.4) is 0 Å². The highest BCUT2D eigenvalue weighted by atomic mass is 16.8. The average Bonchev–Trinajstić information content (AvgIpc) is 3.18. The van der Waals surface area contributed by atoms with Crippen molar-refractivity contribution in [3.63, 3.8) is 0 Å². The van der Waals surface area contributed by atoms with E-state index in [2.05, 4.69) is 5.32 Å². The number of ether oxygens (including phenoxy) is 9. The normalized spacial score (nSPS) is 52.3. The molecule has 5 heterocycles. The van der Waals surface area contributed by atoms with Gasteiger partial charge in [0.15, 0.2) is 31.5 Å². The quantitative estimate of drug-likeness (QED) is 0.0867. The Balaban J connectivity index is 1.56. The molecule has 25 nitrogen and oxygen atoms in total. The molecule has 25 heteroatoms. The van der Waals surface area contributed by atoms with Crippen LogP contribution in [0.2, 0.25) is 0 Å². The highest BCUT2D eigenvalue weighted by molar-refractivity contribution is 5.73. The summed E-state index contributed by atoms with van der Waals surface area (Å²) < 4.78 is 52.3. The molecule has 15 N–H and O–H groups in total. The SMILES string of the molecule is CC(=O)N[C@@H]1[C@@H](O[C@@H]2O[C@@H](C)[C@@H](O)[C@@H](O)[C@@H]2O)[C@H](O[C@@H]2O[C@H](CO)[C@H](O)[C@H](O[C@@H]3O[C@H](CO)[C@H](O)[C@H](O)[C@H]3O)[C@H]2O[C@@H]2O[C@@H](C)[C@@H](O)[C@@H](O)[C@@H]2O)[C@@H](CO)O[C@H]1O. The molecule has 0 aliphatic carbocycles. The minimum absolute atomic E-state index is 0.753. The molecule has 1 amide bonds. The summed E-state index contributed by atoms with van der Waals surface area (Å²) in [5.74, 6) is -0.753. The number of hydrogen-bond acceptors (Lipinski definition) is 24. The van der Waals surface area contributed by atoms with Crippen LogP contribution < -0.4 is 5.32 Å². The van der Waals surface area contributed by atoms with E-state index in [1.807, 2.05) is 0 Å². The van der Waals surface area contributed by atoms with Gasteiger partial charge in [0, 0.05) is 6.92 Å². The lowest BCUT2D eigenvalue weighted by Gasteiger charge is -2.51. The lowest BCUT2D eigenvalue weighted by atomic mass is 9.94. The zero-order valence-electron chi connectivity index (χ0n) is 30.9. The molecule has 5 saturated heterocycles. The standard InChI is InChI=1S/C32H55NO24/c1-7-14(38)18(42)21(45)29(49-7)55-25-13(33-9(3)37)28(48)51-12(6-36)24(25)54-32-27(57-30-22(46)19(43)15(39)8(2)50-30)26(17(41)11(5-35)53-32)56-31-23(47)20(44)16(40)10(4-34)52-31/h7-8,10-32,34-36,38-48H,4-6H2,1-3H3,(H,33,37)/t7-,8-,10+,11+,12+,13+,14+,15+,16-,17-,18+,19+,20-,21-,22-,23+,24+,25+,26-,27+,28+,29-,30-,31-,32-/m0/s1. The Labute approximate surface area is 324 Å². The second kappa shape index (κ2) is 19.5. The van der Waals surface area contributed by atoms with Crippen LogP contribution in [-0.4, -0.2) is 251 Å². The first-order valence-corrected chi connectivity index (χ1v) is 18.3. The maximum Gasteiger partial charge on any atom is 0.217 e. The summed E-state index contributed by atoms with van der Waals surface area (Å²) in [5, 5.41) is 150. The molecule has 5 aliphatic rings. The number of amides is 1. The Bertz CT molecular complexity index is 1290. The zero-order chi connectivity index (χ0) is 42.2. The van der Waals surface area contributed by atoms with Crippen molar-refractivity contribution in [2.75, 3.05) is 19.8 Å². The number of aliphatic hydroxyl groups is 14. The van der Waals surface area contributed by atoms with Crippen LogP contribution in [0.4, 0.5) is 0 Å². The molecule has 0 aromatic heterocycles. The molecule has 0 bridgehead atoms. The molecule has 0 unspecified atom stereocenters. The van der Waals surface area contributed by atoms with Crippen molar-refractivity contribution in [2.24, 2.45) is 0 Å². The van der Waals surface area contributed by atoms with E-state index in [0.29, 0.717) is 0 Å². The molecule has 0 radical (unpaired) electrons. The van der Waals surface area contributed by atoms with Crippen molar-refractivity contribution < 1.29 is 119 Å². The van der Waals surface area contributed by atoms with E-state index in [4.69, 9.17) is 42.6 Å². The fourth-order valence-corrected chi connectivity index (χ4v) is 7.28. The topological polar surface area (TPSA) is 395 Å². The first kappa shape index (κ1) is 46.6. The van der Waals surface area contributed by atoms with Gasteiger partial charge in [-0.1, -0.05) is 0 Å². The number of rotatable bonds is 12. The molecule has 5 fully saturated rings. The molecule has 5 rings (SSSR count). The van der Waals surface area contributed by atoms with Gasteiger partial charge in [0.05, 0.1) is 32.0 Å². The van der Waals surface area contributed by atoms with Crippen LogP contribution in [0.1, 0.15) is 20.8 Å². The highest BCUT2D eigenvalue weighted by Crippen LogP contribution is 2.37. The van der Waals surface area contributed by atoms with Crippen LogP contribution in [0.15, 0.2) is 0 Å². The Kier molecular flexibility index (Phi) is 16.0. The van der Waals surface area contributed by atoms with E-state index in [-0.39, 0.29) is 0 Å². The molecule has 0 aromatic rings. The summed E-state index contributed by atoms with van der Waals surface area (Å²) in [4.78, 5) is 12.3. The van der Waals surface area contributed by atoms with Gasteiger partial charge in [-0.2, -0.15) is 0 Å². The maximum absolute atomic E-state index is 12.3. The lowest BCUT2D eigenvalue weighted by Crippen LogP contribution is -2.70. The van der Waals surface area contributed by atoms with Gasteiger partial charge < -0.3 is 119 Å². The summed E-state index contributed by atoms with van der Waals surface area (Å²) in [6.45, 7) is 0.909. The first-order valence-electron chi connectivity index (χ1n) is 18.3. The molecular weight excluding hydrogens is 782 g/mol. The Morgan fingerprint density at radius 3 is 1.35 bits per heavy atom. The van der Waals surface area contributed by atoms with Crippen molar-refractivity contribution in [3.8, 4) is 0 Å². The monoisotopic (exact) mass is 837 g/mol. The number of hydrogen-bond donors (Lipinski definition) is 15. The van der Waals surface area contributed by atoms with Gasteiger partial charge in [0.1, 0.15) is 110 Å². The number of nitrogens with one attached hydrogen (secondary N) is 1. The van der Waals surface area contributed by atoms with Gasteiger partial charge in [-0.05, 0) is 13.8 Å². The molecule has 0 saturated carbocycles. The highest BCUT2D eigenvalue weighted by Gasteiger charge is 2.58. The Hall–Kier alpha value is -1.45. The molecule has 5 aliphatic heterocycles. The van der Waals surface area contributed by atoms with Gasteiger partial charge in [0.25, 0.3) is 0 Å². The molecular formula is C32H55NO24. The zero-order valence-corrected chi connectivity index (χ0v) is 30.9. The number of aliphatic hydroxyl groups excluding tert-OH is 14. The summed E-state index contributed by atoms with van der Waals surface area (Å²) in [6, 6.07) is -1.62. The van der Waals surface area contributed by atoms with E-state index in [0.717, 1.165) is 6.92 Å². The van der Waals surface area contributed by atoms with Crippen LogP contribution >= 0.6 is 0 Å². The molecule has 0 spiro atoms. The van der Waals surface area contributed by atoms with Crippen LogP contribution in [-0.2, 0) is 47.4 Å². The first-order chi connectivity index (χ1) is 26.8. The van der Waals surface area contributed by atoms with Crippen molar-refractivity contribution in [1.82, 2.24) is 5.32 Å². The third kappa shape index (κ3) is 9.71. The van der Waals surface area contributed by atoms with E-state index < -0.39 is 179 Å². The summed E-state index contributed by atoms with van der Waals surface area (Å²) in [5.41, 5.74) is 0. The lowest BCUT2D eigenvalue weighted by molar-refractivity contribution is -0.407. The summed E-state index contributed by atoms with van der Waals surface area (Å²) >= 11 is 0. The third-order valence-corrected chi connectivity index (χ3v) is 10.6. The van der Waals surface area contributed by atoms with Crippen LogP contribution in [0.25, 0.3) is 0 Å². The molecule has 25 atom stereocenters. The maximum atomic E-state index is 12.3. The average molecular weight is 838 g/mol. The van der Waals surface area contributed by atoms with Gasteiger partial charge >= 0.3 is 0 Å². The number of carbonyl (C=O) groups excluding carboxylic acids is 1. The van der Waals surface area contributed by atoms with Gasteiger partial charge in [0.2, 0.25) is 5.91 Å². The van der Waals surface area contributed by atoms with Crippen molar-refractivity contribution in [1.29, 1.82) is 0 Å². The van der Waals surface area contributed by atoms with Crippen molar-refractivity contribution >= 4 is 5.91 Å². The minimum atomic E-state index is -2.06. The predicted molar refractivity (Wildman–Crippen MR) is 175 cm³/mol. The van der Waals surface area contributed by atoms with Crippen LogP contribution in [0.5, 0.6) is 0 Å². The summed E-state index contributed by atoms with van der Waals surface area (Å²) in [6.07, 6.45) is -42.9. The minimum Gasteiger partial charge on any atom is -0.394 e. The van der Waals surface area contributed by atoms with Crippen molar-refractivity contribution in [3.05, 3.63) is 0 Å². The second-order valence-electron chi connectivity index (χ2n) is 14.7. The largest absolute Gasteiger partial charge is 0.394 e. The molecule has 0 aromatic carbocycles. The number of carbonyl (C=O) groups is 1. The molecule has 57 heavy (non-hydrogen) atoms. The van der Waals surface area contributed by atoms with Gasteiger partial charge in [-0.3, -0.25) is 4.79 Å². The van der Waals surface area contributed by atoms with Gasteiger partial charge in [-0.15, -0.1) is 0 Å². The Morgan fingerprint density at radius 2 is 0.860 bits per heavy atom. The van der Waals surface area contributed by atoms with E-state index in [9.17, 15) is 76.3 Å². The van der Waals surface area contributed by atoms with E-state index >= 15 is 0 Å².